The predicted octanol–water partition coefficient (Wildman–Crippen LogP) is -2.00. The summed E-state index contributed by atoms with van der Waals surface area (Å²) in [6, 6.07) is 0. The fraction of sp³-hybridized carbons (Fsp3) is 0.812. The van der Waals surface area contributed by atoms with Crippen LogP contribution >= 0.6 is 0 Å². The van der Waals surface area contributed by atoms with Gasteiger partial charge in [-0.3, -0.25) is 9.59 Å². The summed E-state index contributed by atoms with van der Waals surface area (Å²) in [6.45, 7) is 0.585. The number of carbonyl (C=O) groups is 3. The molecule has 0 saturated carbocycles. The number of aliphatic hydroxyl groups excluding tert-OH is 3. The summed E-state index contributed by atoms with van der Waals surface area (Å²) < 4.78 is 15.7. The molecule has 0 radical (unpaired) electrons. The Labute approximate surface area is 156 Å². The van der Waals surface area contributed by atoms with E-state index in [1.165, 1.54) is 6.92 Å². The normalized spacial score (nSPS) is 16.1. The lowest BCUT2D eigenvalue weighted by atomic mass is 9.92. The molecule has 27 heavy (non-hydrogen) atoms. The van der Waals surface area contributed by atoms with Crippen LogP contribution in [0, 0.1) is 5.41 Å². The molecule has 0 aromatic heterocycles. The quantitative estimate of drug-likeness (QED) is 0.223. The monoisotopic (exact) mass is 393 g/mol. The smallest absolute Gasteiger partial charge is 0.361 e. The fourth-order valence-corrected chi connectivity index (χ4v) is 2.09. The van der Waals surface area contributed by atoms with Crippen molar-refractivity contribution < 1.29 is 48.8 Å². The molecule has 0 aromatic rings. The number of carbonyl (C=O) groups excluding carboxylic acids is 3. The molecule has 156 valence electrons. The molecule has 2 amide bonds. The molecule has 0 aliphatic carbocycles. The summed E-state index contributed by atoms with van der Waals surface area (Å²) in [6.07, 6.45) is -1.01. The Kier molecular flexibility index (Phi) is 10.4. The van der Waals surface area contributed by atoms with Crippen LogP contribution in [0.2, 0.25) is 0 Å². The molecule has 0 aromatic carbocycles. The Bertz CT molecular complexity index is 478. The Balaban J connectivity index is 2.28. The van der Waals surface area contributed by atoms with Gasteiger partial charge in [-0.25, -0.2) is 4.79 Å². The van der Waals surface area contributed by atoms with Gasteiger partial charge in [0.15, 0.2) is 6.10 Å². The number of amides is 2. The van der Waals surface area contributed by atoms with Gasteiger partial charge in [0.05, 0.1) is 58.3 Å². The fourth-order valence-electron chi connectivity index (χ4n) is 2.09. The molecule has 1 atom stereocenters. The van der Waals surface area contributed by atoms with Crippen LogP contribution < -0.4 is 0 Å². The van der Waals surface area contributed by atoms with Gasteiger partial charge in [0, 0.05) is 12.8 Å². The first-order chi connectivity index (χ1) is 12.9. The van der Waals surface area contributed by atoms with Crippen molar-refractivity contribution in [1.82, 2.24) is 5.06 Å². The number of aliphatic hydroxyl groups is 3. The molecule has 1 aliphatic rings. The number of nitrogens with zero attached hydrogens (tertiary/aromatic N) is 1. The van der Waals surface area contributed by atoms with Crippen LogP contribution in [0.1, 0.15) is 19.8 Å². The molecule has 1 unspecified atom stereocenters. The van der Waals surface area contributed by atoms with Crippen LogP contribution in [-0.2, 0) is 33.4 Å². The van der Waals surface area contributed by atoms with Crippen molar-refractivity contribution in [3.8, 4) is 0 Å². The average molecular weight is 393 g/mol. The molecule has 0 spiro atoms. The van der Waals surface area contributed by atoms with Crippen LogP contribution in [0.5, 0.6) is 0 Å². The summed E-state index contributed by atoms with van der Waals surface area (Å²) in [4.78, 5) is 39.3. The Hall–Kier alpha value is -1.63. The van der Waals surface area contributed by atoms with Crippen LogP contribution in [0.15, 0.2) is 0 Å². The van der Waals surface area contributed by atoms with Crippen LogP contribution in [0.25, 0.3) is 0 Å². The minimum atomic E-state index is -1.02. The van der Waals surface area contributed by atoms with E-state index in [4.69, 9.17) is 24.2 Å². The molecular weight excluding hydrogens is 366 g/mol. The third-order valence-corrected chi connectivity index (χ3v) is 3.84. The van der Waals surface area contributed by atoms with Crippen molar-refractivity contribution in [3.05, 3.63) is 0 Å². The lowest BCUT2D eigenvalue weighted by Gasteiger charge is -2.29. The van der Waals surface area contributed by atoms with E-state index < -0.39 is 29.3 Å². The zero-order valence-corrected chi connectivity index (χ0v) is 15.3. The minimum Gasteiger partial charge on any atom is -0.396 e. The highest BCUT2D eigenvalue weighted by atomic mass is 16.7. The van der Waals surface area contributed by atoms with Crippen molar-refractivity contribution in [2.75, 3.05) is 52.9 Å². The maximum absolute atomic E-state index is 11.8. The second kappa shape index (κ2) is 12.0. The molecule has 11 nitrogen and oxygen atoms in total. The van der Waals surface area contributed by atoms with Gasteiger partial charge in [-0.2, -0.15) is 0 Å². The van der Waals surface area contributed by atoms with Gasteiger partial charge in [0.1, 0.15) is 0 Å². The molecule has 1 rings (SSSR count). The number of hydrogen-bond acceptors (Lipinski definition) is 10. The predicted molar refractivity (Wildman–Crippen MR) is 87.9 cm³/mol. The molecule has 1 heterocycles. The Morgan fingerprint density at radius 3 is 2.11 bits per heavy atom. The molecule has 11 heteroatoms. The number of rotatable bonds is 14. The number of imide groups is 1. The second-order valence-corrected chi connectivity index (χ2v) is 6.15. The van der Waals surface area contributed by atoms with Crippen molar-refractivity contribution in [1.29, 1.82) is 0 Å². The average Bonchev–Trinajstić information content (AvgIpc) is 2.98. The lowest BCUT2D eigenvalue weighted by Crippen LogP contribution is -2.40. The lowest BCUT2D eigenvalue weighted by molar-refractivity contribution is -0.205. The molecule has 1 saturated heterocycles. The van der Waals surface area contributed by atoms with Gasteiger partial charge in [0.2, 0.25) is 0 Å². The molecular formula is C16H27NO10. The highest BCUT2D eigenvalue weighted by Crippen LogP contribution is 2.17. The van der Waals surface area contributed by atoms with Crippen LogP contribution in [-0.4, -0.2) is 97.1 Å². The Morgan fingerprint density at radius 1 is 1.04 bits per heavy atom. The van der Waals surface area contributed by atoms with E-state index in [2.05, 4.69) is 0 Å². The van der Waals surface area contributed by atoms with Crippen molar-refractivity contribution in [3.63, 3.8) is 0 Å². The summed E-state index contributed by atoms with van der Waals surface area (Å²) in [5.74, 6) is -2.02. The first kappa shape index (κ1) is 23.4. The van der Waals surface area contributed by atoms with E-state index >= 15 is 0 Å². The van der Waals surface area contributed by atoms with Gasteiger partial charge >= 0.3 is 5.97 Å². The van der Waals surface area contributed by atoms with Crippen molar-refractivity contribution in [2.45, 2.75) is 25.9 Å². The standard InChI is InChI=1S/C16H27NO10/c1-12(15(23)27-17-13(21)2-3-14(17)22)26-7-6-25-11-16(8-19,9-20)10-24-5-4-18/h12,18-20H,2-11H2,1H3. The van der Waals surface area contributed by atoms with Crippen LogP contribution in [0.4, 0.5) is 0 Å². The Morgan fingerprint density at radius 2 is 1.59 bits per heavy atom. The summed E-state index contributed by atoms with van der Waals surface area (Å²) >= 11 is 0. The van der Waals surface area contributed by atoms with Gasteiger partial charge in [0.25, 0.3) is 11.8 Å². The van der Waals surface area contributed by atoms with Gasteiger partial charge in [-0.05, 0) is 6.92 Å². The van der Waals surface area contributed by atoms with Gasteiger partial charge < -0.3 is 34.4 Å². The molecule has 3 N–H and O–H groups in total. The molecule has 1 fully saturated rings. The van der Waals surface area contributed by atoms with Gasteiger partial charge in [-0.15, -0.1) is 5.06 Å². The SMILES string of the molecule is CC(OCCOCC(CO)(CO)COCCO)C(=O)ON1C(=O)CCC1=O. The third-order valence-electron chi connectivity index (χ3n) is 3.84. The maximum Gasteiger partial charge on any atom is 0.361 e. The first-order valence-electron chi connectivity index (χ1n) is 8.56. The van der Waals surface area contributed by atoms with E-state index in [9.17, 15) is 24.6 Å². The summed E-state index contributed by atoms with van der Waals surface area (Å²) in [5, 5.41) is 28.0. The topological polar surface area (TPSA) is 152 Å². The first-order valence-corrected chi connectivity index (χ1v) is 8.56. The van der Waals surface area contributed by atoms with E-state index in [1.807, 2.05) is 0 Å². The zero-order chi connectivity index (χ0) is 20.3. The van der Waals surface area contributed by atoms with E-state index in [0.717, 1.165) is 0 Å². The molecule has 0 bridgehead atoms. The number of ether oxygens (including phenoxy) is 3. The highest BCUT2D eigenvalue weighted by molar-refractivity contribution is 6.01. The van der Waals surface area contributed by atoms with E-state index in [1.54, 1.807) is 0 Å². The van der Waals surface area contributed by atoms with Crippen molar-refractivity contribution >= 4 is 17.8 Å². The number of hydroxylamine groups is 2. The number of hydrogen-bond donors (Lipinski definition) is 3. The highest BCUT2D eigenvalue weighted by Gasteiger charge is 2.34. The van der Waals surface area contributed by atoms with E-state index in [-0.39, 0.29) is 65.7 Å². The summed E-state index contributed by atoms with van der Waals surface area (Å²) in [5.41, 5.74) is -1.02. The molecule has 1 aliphatic heterocycles. The van der Waals surface area contributed by atoms with Crippen molar-refractivity contribution in [2.24, 2.45) is 5.41 Å². The largest absolute Gasteiger partial charge is 0.396 e. The summed E-state index contributed by atoms with van der Waals surface area (Å²) in [7, 11) is 0. The van der Waals surface area contributed by atoms with Gasteiger partial charge in [-0.1, -0.05) is 0 Å². The zero-order valence-electron chi connectivity index (χ0n) is 15.3. The van der Waals surface area contributed by atoms with Crippen LogP contribution in [0.3, 0.4) is 0 Å². The third kappa shape index (κ3) is 7.48. The second-order valence-electron chi connectivity index (χ2n) is 6.15. The maximum atomic E-state index is 11.8. The van der Waals surface area contributed by atoms with E-state index in [0.29, 0.717) is 5.06 Å². The minimum absolute atomic E-state index is 0.00202.